The number of rotatable bonds is 5. The highest BCUT2D eigenvalue weighted by Gasteiger charge is 2.16. The van der Waals surface area contributed by atoms with Crippen LogP contribution in [0.1, 0.15) is 12.5 Å². The van der Waals surface area contributed by atoms with Crippen LogP contribution in [0, 0.1) is 18.7 Å². The van der Waals surface area contributed by atoms with Gasteiger partial charge in [-0.3, -0.25) is 4.72 Å². The number of hydrogen-bond donors (Lipinski definition) is 1. The van der Waals surface area contributed by atoms with Crippen LogP contribution in [0.5, 0.6) is 0 Å². The molecule has 0 spiro atoms. The normalized spacial score (nSPS) is 13.4. The van der Waals surface area contributed by atoms with E-state index in [-0.39, 0.29) is 23.4 Å². The minimum Gasteiger partial charge on any atom is -0.283 e. The Kier molecular flexibility index (Phi) is 4.77. The molecule has 1 aromatic rings. The number of alkyl halides is 1. The van der Waals surface area contributed by atoms with Gasteiger partial charge in [0.05, 0.1) is 11.4 Å². The van der Waals surface area contributed by atoms with Crippen LogP contribution in [-0.2, 0) is 10.0 Å². The molecule has 0 fully saturated rings. The Balaban J connectivity index is 2.83. The average Bonchev–Trinajstić information content (AvgIpc) is 2.21. The quantitative estimate of drug-likeness (QED) is 0.843. The van der Waals surface area contributed by atoms with Gasteiger partial charge in [-0.1, -0.05) is 6.92 Å². The molecule has 0 saturated carbocycles. The van der Waals surface area contributed by atoms with E-state index < -0.39 is 10.0 Å². The standard InChI is InChI=1S/C11H15ClFNO2S/c1-8(6-12)7-17(15,16)14-11-4-3-10(13)5-9(11)2/h3-5,8,14H,6-7H2,1-2H3. The van der Waals surface area contributed by atoms with Crippen LogP contribution in [0.3, 0.4) is 0 Å². The molecule has 0 aliphatic carbocycles. The van der Waals surface area contributed by atoms with Crippen LogP contribution >= 0.6 is 11.6 Å². The number of halogens is 2. The van der Waals surface area contributed by atoms with E-state index in [0.717, 1.165) is 0 Å². The van der Waals surface area contributed by atoms with Crippen molar-refractivity contribution < 1.29 is 12.8 Å². The van der Waals surface area contributed by atoms with Gasteiger partial charge in [-0.25, -0.2) is 12.8 Å². The number of sulfonamides is 1. The number of hydrogen-bond acceptors (Lipinski definition) is 2. The highest BCUT2D eigenvalue weighted by atomic mass is 35.5. The highest BCUT2D eigenvalue weighted by molar-refractivity contribution is 7.92. The first-order valence-corrected chi connectivity index (χ1v) is 7.35. The zero-order valence-electron chi connectivity index (χ0n) is 9.70. The number of benzene rings is 1. The molecule has 1 atom stereocenters. The first-order chi connectivity index (χ1) is 7.84. The lowest BCUT2D eigenvalue weighted by Crippen LogP contribution is -2.22. The van der Waals surface area contributed by atoms with Crippen LogP contribution in [0.2, 0.25) is 0 Å². The van der Waals surface area contributed by atoms with Gasteiger partial charge in [-0.2, -0.15) is 0 Å². The van der Waals surface area contributed by atoms with E-state index in [2.05, 4.69) is 4.72 Å². The van der Waals surface area contributed by atoms with E-state index in [0.29, 0.717) is 11.3 Å². The monoisotopic (exact) mass is 279 g/mol. The molecular formula is C11H15ClFNO2S. The first-order valence-electron chi connectivity index (χ1n) is 5.16. The summed E-state index contributed by atoms with van der Waals surface area (Å²) in [5.41, 5.74) is 0.945. The molecule has 0 heterocycles. The van der Waals surface area contributed by atoms with Crippen molar-refractivity contribution in [2.24, 2.45) is 5.92 Å². The zero-order chi connectivity index (χ0) is 13.1. The minimum absolute atomic E-state index is 0.0483. The molecule has 3 nitrogen and oxygen atoms in total. The van der Waals surface area contributed by atoms with Crippen LogP contribution in [-0.4, -0.2) is 20.1 Å². The Morgan fingerprint density at radius 2 is 2.12 bits per heavy atom. The molecular weight excluding hydrogens is 265 g/mol. The summed E-state index contributed by atoms with van der Waals surface area (Å²) in [5, 5.41) is 0. The number of anilines is 1. The van der Waals surface area contributed by atoms with Crippen molar-refractivity contribution in [2.45, 2.75) is 13.8 Å². The van der Waals surface area contributed by atoms with Gasteiger partial charge >= 0.3 is 0 Å². The first kappa shape index (κ1) is 14.3. The molecule has 1 aromatic carbocycles. The van der Waals surface area contributed by atoms with Crippen LogP contribution in [0.4, 0.5) is 10.1 Å². The van der Waals surface area contributed by atoms with Crippen molar-refractivity contribution in [1.29, 1.82) is 0 Å². The zero-order valence-corrected chi connectivity index (χ0v) is 11.3. The van der Waals surface area contributed by atoms with Crippen molar-refractivity contribution in [3.8, 4) is 0 Å². The fourth-order valence-electron chi connectivity index (χ4n) is 1.37. The molecule has 0 bridgehead atoms. The number of aryl methyl sites for hydroxylation is 1. The summed E-state index contributed by atoms with van der Waals surface area (Å²) in [4.78, 5) is 0. The van der Waals surface area contributed by atoms with Crippen LogP contribution in [0.15, 0.2) is 18.2 Å². The van der Waals surface area contributed by atoms with Gasteiger partial charge in [-0.15, -0.1) is 11.6 Å². The van der Waals surface area contributed by atoms with E-state index in [9.17, 15) is 12.8 Å². The van der Waals surface area contributed by atoms with E-state index in [4.69, 9.17) is 11.6 Å². The van der Waals surface area contributed by atoms with Crippen molar-refractivity contribution >= 4 is 27.3 Å². The van der Waals surface area contributed by atoms with Gasteiger partial charge in [0.1, 0.15) is 5.82 Å². The molecule has 0 aromatic heterocycles. The molecule has 0 radical (unpaired) electrons. The van der Waals surface area contributed by atoms with E-state index in [1.807, 2.05) is 0 Å². The summed E-state index contributed by atoms with van der Waals surface area (Å²) in [6.45, 7) is 3.40. The predicted octanol–water partition coefficient (Wildman–Crippen LogP) is 2.75. The van der Waals surface area contributed by atoms with Gasteiger partial charge in [0.25, 0.3) is 0 Å². The van der Waals surface area contributed by atoms with Crippen molar-refractivity contribution in [1.82, 2.24) is 0 Å². The van der Waals surface area contributed by atoms with E-state index >= 15 is 0 Å². The van der Waals surface area contributed by atoms with Crippen LogP contribution < -0.4 is 4.72 Å². The lowest BCUT2D eigenvalue weighted by atomic mass is 10.2. The smallest absolute Gasteiger partial charge is 0.233 e. The second-order valence-corrected chi connectivity index (χ2v) is 6.18. The molecule has 0 aliphatic rings. The third-order valence-electron chi connectivity index (χ3n) is 2.22. The topological polar surface area (TPSA) is 46.2 Å². The maximum atomic E-state index is 12.9. The van der Waals surface area contributed by atoms with E-state index in [1.54, 1.807) is 13.8 Å². The summed E-state index contributed by atoms with van der Waals surface area (Å²) in [5.74, 6) is -0.286. The third-order valence-corrected chi connectivity index (χ3v) is 4.29. The molecule has 0 saturated heterocycles. The predicted molar refractivity (Wildman–Crippen MR) is 68.4 cm³/mol. The summed E-state index contributed by atoms with van der Waals surface area (Å²) in [6, 6.07) is 3.91. The minimum atomic E-state index is -3.44. The highest BCUT2D eigenvalue weighted by Crippen LogP contribution is 2.18. The Labute approximate surface area is 106 Å². The van der Waals surface area contributed by atoms with Gasteiger partial charge in [-0.05, 0) is 36.6 Å². The Morgan fingerprint density at radius 3 is 2.65 bits per heavy atom. The summed E-state index contributed by atoms with van der Waals surface area (Å²) < 4.78 is 38.8. The van der Waals surface area contributed by atoms with Gasteiger partial charge in [0.15, 0.2) is 0 Å². The van der Waals surface area contributed by atoms with Gasteiger partial charge < -0.3 is 0 Å². The molecule has 0 amide bonds. The average molecular weight is 280 g/mol. The molecule has 1 N–H and O–H groups in total. The number of nitrogens with one attached hydrogen (secondary N) is 1. The molecule has 96 valence electrons. The second-order valence-electron chi connectivity index (χ2n) is 4.10. The lowest BCUT2D eigenvalue weighted by molar-refractivity contribution is 0.588. The molecule has 1 unspecified atom stereocenters. The summed E-state index contributed by atoms with van der Waals surface area (Å²) in [6.07, 6.45) is 0. The molecule has 17 heavy (non-hydrogen) atoms. The maximum Gasteiger partial charge on any atom is 0.233 e. The van der Waals surface area contributed by atoms with Gasteiger partial charge in [0.2, 0.25) is 10.0 Å². The SMILES string of the molecule is Cc1cc(F)ccc1NS(=O)(=O)CC(C)CCl. The van der Waals surface area contributed by atoms with E-state index in [1.165, 1.54) is 18.2 Å². The van der Waals surface area contributed by atoms with Crippen molar-refractivity contribution in [2.75, 3.05) is 16.4 Å². The summed E-state index contributed by atoms with van der Waals surface area (Å²) in [7, 11) is -3.44. The van der Waals surface area contributed by atoms with Gasteiger partial charge in [0, 0.05) is 5.88 Å². The fourth-order valence-corrected chi connectivity index (χ4v) is 3.12. The Bertz CT molecular complexity index is 490. The second kappa shape index (κ2) is 5.69. The largest absolute Gasteiger partial charge is 0.283 e. The maximum absolute atomic E-state index is 12.9. The summed E-state index contributed by atoms with van der Waals surface area (Å²) >= 11 is 5.57. The Morgan fingerprint density at radius 1 is 1.47 bits per heavy atom. The van der Waals surface area contributed by atoms with Crippen molar-refractivity contribution in [3.05, 3.63) is 29.6 Å². The Hall–Kier alpha value is -0.810. The van der Waals surface area contributed by atoms with Crippen LogP contribution in [0.25, 0.3) is 0 Å². The van der Waals surface area contributed by atoms with Crippen molar-refractivity contribution in [3.63, 3.8) is 0 Å². The fraction of sp³-hybridized carbons (Fsp3) is 0.455. The molecule has 1 rings (SSSR count). The third kappa shape index (κ3) is 4.52. The molecule has 6 heteroatoms. The lowest BCUT2D eigenvalue weighted by Gasteiger charge is -2.12. The molecule has 0 aliphatic heterocycles.